The standard InChI is InChI=1S/C21H28N4O4/c1-21(2,3)23-15-5-6-16(25(12-15)20(27)28)8-9-24-17-10-14(11-22)4-7-18(17)29-13-19(24)26/h4,7,10,15-16,23H,5-6,8-9,12-13H2,1-3H3,(H,27,28)/t15-,16+/m0/s1. The Kier molecular flexibility index (Phi) is 5.99. The van der Waals surface area contributed by atoms with E-state index in [9.17, 15) is 14.7 Å². The summed E-state index contributed by atoms with van der Waals surface area (Å²) in [6, 6.07) is 7.04. The highest BCUT2D eigenvalue weighted by molar-refractivity contribution is 5.98. The first-order valence-corrected chi connectivity index (χ1v) is 9.92. The van der Waals surface area contributed by atoms with Crippen molar-refractivity contribution in [2.45, 2.75) is 57.7 Å². The number of rotatable bonds is 4. The summed E-state index contributed by atoms with van der Waals surface area (Å²) in [5, 5.41) is 22.3. The lowest BCUT2D eigenvalue weighted by atomic mass is 9.94. The maximum absolute atomic E-state index is 12.4. The molecule has 0 aliphatic carbocycles. The van der Waals surface area contributed by atoms with Gasteiger partial charge in [0.05, 0.1) is 17.3 Å². The minimum atomic E-state index is -0.934. The number of ether oxygens (including phenoxy) is 1. The molecule has 8 heteroatoms. The highest BCUT2D eigenvalue weighted by Gasteiger charge is 2.34. The maximum Gasteiger partial charge on any atom is 0.407 e. The molecule has 1 saturated heterocycles. The van der Waals surface area contributed by atoms with E-state index in [2.05, 4.69) is 32.2 Å². The number of carbonyl (C=O) groups excluding carboxylic acids is 1. The molecular formula is C21H28N4O4. The molecule has 29 heavy (non-hydrogen) atoms. The minimum absolute atomic E-state index is 0.0518. The SMILES string of the molecule is CC(C)(C)N[C@H]1CC[C@H](CCN2C(=O)COc3ccc(C#N)cc32)N(C(=O)O)C1. The van der Waals surface area contributed by atoms with Crippen molar-refractivity contribution in [2.75, 3.05) is 24.6 Å². The first-order valence-electron chi connectivity index (χ1n) is 9.92. The van der Waals surface area contributed by atoms with Gasteiger partial charge in [-0.25, -0.2) is 4.79 Å². The monoisotopic (exact) mass is 400 g/mol. The number of anilines is 1. The van der Waals surface area contributed by atoms with E-state index in [1.165, 1.54) is 4.90 Å². The van der Waals surface area contributed by atoms with Crippen LogP contribution < -0.4 is 15.0 Å². The van der Waals surface area contributed by atoms with Crippen LogP contribution in [-0.2, 0) is 4.79 Å². The molecule has 2 N–H and O–H groups in total. The van der Waals surface area contributed by atoms with Crippen molar-refractivity contribution in [3.8, 4) is 11.8 Å². The van der Waals surface area contributed by atoms with E-state index in [1.807, 2.05) is 0 Å². The predicted octanol–water partition coefficient (Wildman–Crippen LogP) is 2.57. The van der Waals surface area contributed by atoms with Gasteiger partial charge in [-0.2, -0.15) is 5.26 Å². The third-order valence-electron chi connectivity index (χ3n) is 5.31. The summed E-state index contributed by atoms with van der Waals surface area (Å²) < 4.78 is 5.46. The zero-order valence-corrected chi connectivity index (χ0v) is 17.1. The summed E-state index contributed by atoms with van der Waals surface area (Å²) in [5.74, 6) is 0.384. The van der Waals surface area contributed by atoms with E-state index in [0.717, 1.165) is 12.8 Å². The number of hydrogen-bond donors (Lipinski definition) is 2. The second-order valence-electron chi connectivity index (χ2n) is 8.67. The second-order valence-corrected chi connectivity index (χ2v) is 8.67. The molecule has 2 atom stereocenters. The van der Waals surface area contributed by atoms with Crippen molar-refractivity contribution in [1.82, 2.24) is 10.2 Å². The van der Waals surface area contributed by atoms with Crippen LogP contribution in [0.25, 0.3) is 0 Å². The van der Waals surface area contributed by atoms with E-state index >= 15 is 0 Å². The Bertz CT molecular complexity index is 827. The van der Waals surface area contributed by atoms with Crippen molar-refractivity contribution < 1.29 is 19.4 Å². The van der Waals surface area contributed by atoms with Gasteiger partial charge in [0.25, 0.3) is 5.91 Å². The van der Waals surface area contributed by atoms with Crippen molar-refractivity contribution >= 4 is 17.7 Å². The number of carbonyl (C=O) groups is 2. The molecule has 3 rings (SSSR count). The van der Waals surface area contributed by atoms with Crippen molar-refractivity contribution in [3.05, 3.63) is 23.8 Å². The van der Waals surface area contributed by atoms with Crippen LogP contribution in [-0.4, -0.2) is 59.3 Å². The molecular weight excluding hydrogens is 372 g/mol. The molecule has 2 aliphatic rings. The Hall–Kier alpha value is -2.79. The number of benzene rings is 1. The topological polar surface area (TPSA) is 106 Å². The summed E-state index contributed by atoms with van der Waals surface area (Å²) in [6.07, 6.45) is 1.23. The van der Waals surface area contributed by atoms with Crippen molar-refractivity contribution in [2.24, 2.45) is 0 Å². The average Bonchev–Trinajstić information content (AvgIpc) is 2.66. The molecule has 8 nitrogen and oxygen atoms in total. The lowest BCUT2D eigenvalue weighted by Crippen LogP contribution is -2.56. The van der Waals surface area contributed by atoms with Crippen molar-refractivity contribution in [3.63, 3.8) is 0 Å². The molecule has 0 radical (unpaired) electrons. The van der Waals surface area contributed by atoms with E-state index in [1.54, 1.807) is 23.1 Å². The van der Waals surface area contributed by atoms with Crippen LogP contribution >= 0.6 is 0 Å². The van der Waals surface area contributed by atoms with Crippen LogP contribution in [0.15, 0.2) is 18.2 Å². The number of piperidine rings is 1. The highest BCUT2D eigenvalue weighted by atomic mass is 16.5. The Morgan fingerprint density at radius 1 is 1.38 bits per heavy atom. The maximum atomic E-state index is 12.4. The average molecular weight is 400 g/mol. The third-order valence-corrected chi connectivity index (χ3v) is 5.31. The molecule has 0 unspecified atom stereocenters. The Morgan fingerprint density at radius 2 is 2.14 bits per heavy atom. The lowest BCUT2D eigenvalue weighted by Gasteiger charge is -2.41. The van der Waals surface area contributed by atoms with Gasteiger partial charge in [0.1, 0.15) is 5.75 Å². The molecule has 2 amide bonds. The number of amides is 2. The normalized spacial score (nSPS) is 21.9. The summed E-state index contributed by atoms with van der Waals surface area (Å²) in [7, 11) is 0. The summed E-state index contributed by atoms with van der Waals surface area (Å²) in [5.41, 5.74) is 0.947. The van der Waals surface area contributed by atoms with Gasteiger partial charge in [0.2, 0.25) is 0 Å². The fourth-order valence-corrected chi connectivity index (χ4v) is 4.09. The first kappa shape index (κ1) is 20.9. The van der Waals surface area contributed by atoms with Gasteiger partial charge in [-0.3, -0.25) is 4.79 Å². The van der Waals surface area contributed by atoms with Crippen LogP contribution in [0.4, 0.5) is 10.5 Å². The summed E-state index contributed by atoms with van der Waals surface area (Å²) >= 11 is 0. The minimum Gasteiger partial charge on any atom is -0.482 e. The van der Waals surface area contributed by atoms with Crippen LogP contribution in [0.1, 0.15) is 45.6 Å². The van der Waals surface area contributed by atoms with E-state index in [-0.39, 0.29) is 30.1 Å². The first-order chi connectivity index (χ1) is 13.7. The molecule has 0 bridgehead atoms. The van der Waals surface area contributed by atoms with Crippen LogP contribution in [0.2, 0.25) is 0 Å². The largest absolute Gasteiger partial charge is 0.482 e. The quantitative estimate of drug-likeness (QED) is 0.805. The zero-order valence-electron chi connectivity index (χ0n) is 17.1. The zero-order chi connectivity index (χ0) is 21.2. The number of carboxylic acid groups (broad SMARTS) is 1. The van der Waals surface area contributed by atoms with Crippen LogP contribution in [0.5, 0.6) is 5.75 Å². The molecule has 1 fully saturated rings. The smallest absolute Gasteiger partial charge is 0.407 e. The van der Waals surface area contributed by atoms with Gasteiger partial charge in [0.15, 0.2) is 6.61 Å². The van der Waals surface area contributed by atoms with Gasteiger partial charge < -0.3 is 25.0 Å². The Labute approximate surface area is 171 Å². The molecule has 1 aromatic rings. The van der Waals surface area contributed by atoms with E-state index in [0.29, 0.717) is 36.5 Å². The van der Waals surface area contributed by atoms with Crippen molar-refractivity contribution in [1.29, 1.82) is 5.26 Å². The number of nitrogens with zero attached hydrogens (tertiary/aromatic N) is 3. The Balaban J connectivity index is 1.70. The highest BCUT2D eigenvalue weighted by Crippen LogP contribution is 2.33. The summed E-state index contributed by atoms with van der Waals surface area (Å²) in [6.45, 7) is 6.98. The summed E-state index contributed by atoms with van der Waals surface area (Å²) in [4.78, 5) is 27.4. The Morgan fingerprint density at radius 3 is 2.79 bits per heavy atom. The number of nitrogens with one attached hydrogen (secondary N) is 1. The predicted molar refractivity (Wildman–Crippen MR) is 108 cm³/mol. The fourth-order valence-electron chi connectivity index (χ4n) is 4.09. The van der Waals surface area contributed by atoms with Gasteiger partial charge in [0, 0.05) is 30.7 Å². The fraction of sp³-hybridized carbons (Fsp3) is 0.571. The molecule has 156 valence electrons. The molecule has 0 saturated carbocycles. The molecule has 2 heterocycles. The van der Waals surface area contributed by atoms with Gasteiger partial charge in [-0.15, -0.1) is 0 Å². The van der Waals surface area contributed by atoms with Gasteiger partial charge in [-0.1, -0.05) is 0 Å². The van der Waals surface area contributed by atoms with E-state index in [4.69, 9.17) is 10.00 Å². The number of hydrogen-bond acceptors (Lipinski definition) is 5. The second kappa shape index (κ2) is 8.29. The molecule has 1 aromatic carbocycles. The number of nitriles is 1. The molecule has 0 aromatic heterocycles. The van der Waals surface area contributed by atoms with E-state index < -0.39 is 6.09 Å². The molecule has 2 aliphatic heterocycles. The van der Waals surface area contributed by atoms with Crippen LogP contribution in [0.3, 0.4) is 0 Å². The molecule has 0 spiro atoms. The lowest BCUT2D eigenvalue weighted by molar-refractivity contribution is -0.121. The number of likely N-dealkylation sites (tertiary alicyclic amines) is 1. The van der Waals surface area contributed by atoms with Gasteiger partial charge in [-0.05, 0) is 58.2 Å². The third kappa shape index (κ3) is 4.98. The van der Waals surface area contributed by atoms with Gasteiger partial charge >= 0.3 is 6.09 Å². The number of fused-ring (bicyclic) bond motifs is 1. The van der Waals surface area contributed by atoms with Crippen LogP contribution in [0, 0.1) is 11.3 Å².